The van der Waals surface area contributed by atoms with Gasteiger partial charge in [0, 0.05) is 1.43 Å². The Morgan fingerprint density at radius 2 is 2.04 bits per heavy atom. The summed E-state index contributed by atoms with van der Waals surface area (Å²) in [5.74, 6) is -0.416. The van der Waals surface area contributed by atoms with Crippen molar-refractivity contribution in [3.05, 3.63) is 37.0 Å². The van der Waals surface area contributed by atoms with Crippen LogP contribution in [0.2, 0.25) is 0 Å². The molecule has 1 aliphatic heterocycles. The highest BCUT2D eigenvalue weighted by Gasteiger charge is 2.34. The summed E-state index contributed by atoms with van der Waals surface area (Å²) < 4.78 is 9.94. The number of ether oxygens (including phenoxy) is 2. The molecule has 0 saturated carbocycles. The first-order valence-corrected chi connectivity index (χ1v) is 8.89. The van der Waals surface area contributed by atoms with E-state index in [1.54, 1.807) is 6.08 Å². The molecule has 0 aromatic heterocycles. The van der Waals surface area contributed by atoms with Gasteiger partial charge in [0.2, 0.25) is 0 Å². The molecule has 25 heavy (non-hydrogen) atoms. The summed E-state index contributed by atoms with van der Waals surface area (Å²) in [5.41, 5.74) is 0.573. The Kier molecular flexibility index (Phi) is 11.3. The van der Waals surface area contributed by atoms with Crippen molar-refractivity contribution in [2.75, 3.05) is 6.61 Å². The highest BCUT2D eigenvalue weighted by molar-refractivity contribution is 5.85. The van der Waals surface area contributed by atoms with Crippen LogP contribution in [-0.4, -0.2) is 30.3 Å². The minimum Gasteiger partial charge on any atom is -0.461 e. The summed E-state index contributed by atoms with van der Waals surface area (Å²) in [7, 11) is 0. The molecule has 1 N–H and O–H groups in total. The average molecular weight is 354 g/mol. The van der Waals surface area contributed by atoms with E-state index in [2.05, 4.69) is 37.1 Å². The minimum atomic E-state index is -0.579. The summed E-state index contributed by atoms with van der Waals surface area (Å²) >= 11 is 0. The Morgan fingerprint density at radius 3 is 2.48 bits per heavy atom. The van der Waals surface area contributed by atoms with Crippen LogP contribution in [0.15, 0.2) is 37.0 Å². The lowest BCUT2D eigenvalue weighted by molar-refractivity contribution is -0.162. The minimum absolute atomic E-state index is 0. The van der Waals surface area contributed by atoms with Gasteiger partial charge in [-0.3, -0.25) is 0 Å². The second-order valence-electron chi connectivity index (χ2n) is 6.57. The zero-order chi connectivity index (χ0) is 19.3. The van der Waals surface area contributed by atoms with Crippen molar-refractivity contribution in [3.63, 3.8) is 0 Å². The van der Waals surface area contributed by atoms with Gasteiger partial charge >= 0.3 is 12.1 Å². The molecule has 0 aromatic rings. The predicted molar refractivity (Wildman–Crippen MR) is 103 cm³/mol. The normalized spacial score (nSPS) is 16.6. The molecule has 1 rings (SSSR count). The number of carbonyl (C=O) groups excluding carboxylic acids is 2. The predicted octanol–water partition coefficient (Wildman–Crippen LogP) is 4.94. The van der Waals surface area contributed by atoms with Crippen LogP contribution in [0.1, 0.15) is 61.2 Å². The maximum atomic E-state index is 11.7. The molecular formula is C20H35NO4. The van der Waals surface area contributed by atoms with Crippen LogP contribution in [0.25, 0.3) is 0 Å². The average Bonchev–Trinajstić information content (AvgIpc) is 2.54. The summed E-state index contributed by atoms with van der Waals surface area (Å²) in [6.07, 6.45) is 9.77. The van der Waals surface area contributed by atoms with E-state index in [1.165, 1.54) is 6.42 Å². The topological polar surface area (TPSA) is 64.6 Å². The number of cyclic esters (lactones) is 1. The van der Waals surface area contributed by atoms with Crippen LogP contribution in [0.5, 0.6) is 0 Å². The third-order valence-corrected chi connectivity index (χ3v) is 3.43. The van der Waals surface area contributed by atoms with Crippen molar-refractivity contribution in [3.8, 4) is 0 Å². The van der Waals surface area contributed by atoms with Gasteiger partial charge in [0.05, 0.1) is 0 Å². The van der Waals surface area contributed by atoms with E-state index in [-0.39, 0.29) is 8.03 Å². The molecule has 0 aromatic carbocycles. The number of allylic oxidation sites excluding steroid dienone is 4. The van der Waals surface area contributed by atoms with Gasteiger partial charge in [0.25, 0.3) is 0 Å². The third-order valence-electron chi connectivity index (χ3n) is 3.43. The number of amides is 1. The summed E-state index contributed by atoms with van der Waals surface area (Å²) in [6.45, 7) is 15.6. The number of hydrogen-bond acceptors (Lipinski definition) is 4. The third kappa shape index (κ3) is 10.4. The van der Waals surface area contributed by atoms with Gasteiger partial charge < -0.3 is 14.8 Å². The fourth-order valence-corrected chi connectivity index (χ4v) is 2.09. The van der Waals surface area contributed by atoms with Crippen molar-refractivity contribution in [1.82, 2.24) is 5.32 Å². The molecule has 0 bridgehead atoms. The van der Waals surface area contributed by atoms with E-state index in [1.807, 2.05) is 26.0 Å². The lowest BCUT2D eigenvalue weighted by Gasteiger charge is -2.29. The quantitative estimate of drug-likeness (QED) is 0.362. The zero-order valence-corrected chi connectivity index (χ0v) is 16.1. The zero-order valence-electron chi connectivity index (χ0n) is 16.1. The Balaban J connectivity index is 0. The fourth-order valence-electron chi connectivity index (χ4n) is 2.09. The number of carbonyl (C=O) groups is 2. The van der Waals surface area contributed by atoms with Gasteiger partial charge in [-0.05, 0) is 45.1 Å². The number of alkyl carbamates (subject to hydrolysis) is 1. The monoisotopic (exact) mass is 353 g/mol. The molecule has 1 aliphatic rings. The largest absolute Gasteiger partial charge is 0.461 e. The van der Waals surface area contributed by atoms with E-state index < -0.39 is 23.7 Å². The van der Waals surface area contributed by atoms with Crippen LogP contribution in [0.3, 0.4) is 0 Å². The van der Waals surface area contributed by atoms with Crippen molar-refractivity contribution >= 4 is 12.1 Å². The molecule has 1 amide bonds. The summed E-state index contributed by atoms with van der Waals surface area (Å²) in [5, 5.41) is 2.49. The lowest BCUT2D eigenvalue weighted by Crippen LogP contribution is -2.54. The summed E-state index contributed by atoms with van der Waals surface area (Å²) in [4.78, 5) is 22.7. The molecule has 5 nitrogen and oxygen atoms in total. The van der Waals surface area contributed by atoms with Crippen LogP contribution in [0, 0.1) is 0 Å². The van der Waals surface area contributed by atoms with Gasteiger partial charge in [-0.2, -0.15) is 0 Å². The number of rotatable bonds is 9. The maximum Gasteiger partial charge on any atom is 0.408 e. The molecule has 0 radical (unpaired) electrons. The summed E-state index contributed by atoms with van der Waals surface area (Å²) in [6, 6.07) is -0.567. The van der Waals surface area contributed by atoms with Gasteiger partial charge in [-0.25, -0.2) is 9.59 Å². The second-order valence-corrected chi connectivity index (χ2v) is 6.57. The molecule has 0 unspecified atom stereocenters. The number of hydrogen-bond donors (Lipinski definition) is 1. The molecule has 5 heteroatoms. The van der Waals surface area contributed by atoms with E-state index >= 15 is 0 Å². The lowest BCUT2D eigenvalue weighted by atomic mass is 9.98. The van der Waals surface area contributed by atoms with Gasteiger partial charge in [0.1, 0.15) is 12.2 Å². The van der Waals surface area contributed by atoms with Crippen molar-refractivity contribution < 1.29 is 20.5 Å². The highest BCUT2D eigenvalue weighted by Crippen LogP contribution is 2.20. The van der Waals surface area contributed by atoms with Gasteiger partial charge in [-0.1, -0.05) is 51.7 Å². The number of unbranched alkanes of at least 4 members (excludes halogenated alkanes) is 1. The molecule has 0 spiro atoms. The Bertz CT molecular complexity index is 486. The molecular weight excluding hydrogens is 318 g/mol. The molecule has 1 heterocycles. The van der Waals surface area contributed by atoms with E-state index in [0.29, 0.717) is 0 Å². The SMILES string of the molecule is C=C/C=C(\C=C)CCCCC(C)(C)OC(=O)N[C@@H]1COC1=O.CCC.[HH]. The Labute approximate surface area is 153 Å². The van der Waals surface area contributed by atoms with Crippen molar-refractivity contribution in [2.45, 2.75) is 71.4 Å². The van der Waals surface area contributed by atoms with Gasteiger partial charge in [0.15, 0.2) is 6.04 Å². The first kappa shape index (κ1) is 23.0. The highest BCUT2D eigenvalue weighted by atomic mass is 16.6. The fraction of sp³-hybridized carbons (Fsp3) is 0.600. The van der Waals surface area contributed by atoms with Crippen molar-refractivity contribution in [2.24, 2.45) is 0 Å². The molecule has 1 atom stereocenters. The first-order chi connectivity index (χ1) is 11.8. The first-order valence-electron chi connectivity index (χ1n) is 8.89. The van der Waals surface area contributed by atoms with E-state index in [9.17, 15) is 9.59 Å². The van der Waals surface area contributed by atoms with Crippen LogP contribution < -0.4 is 5.32 Å². The Hall–Kier alpha value is -2.04. The maximum absolute atomic E-state index is 11.7. The van der Waals surface area contributed by atoms with Crippen LogP contribution in [0.4, 0.5) is 4.79 Å². The number of esters is 1. The molecule has 1 fully saturated rings. The molecule has 1 saturated heterocycles. The van der Waals surface area contributed by atoms with Crippen LogP contribution in [-0.2, 0) is 14.3 Å². The molecule has 0 aliphatic carbocycles. The van der Waals surface area contributed by atoms with Crippen LogP contribution >= 0.6 is 0 Å². The Morgan fingerprint density at radius 1 is 1.40 bits per heavy atom. The smallest absolute Gasteiger partial charge is 0.408 e. The van der Waals surface area contributed by atoms with E-state index in [0.717, 1.165) is 31.3 Å². The van der Waals surface area contributed by atoms with Gasteiger partial charge in [-0.15, -0.1) is 0 Å². The molecule has 144 valence electrons. The second kappa shape index (κ2) is 12.3. The van der Waals surface area contributed by atoms with E-state index in [4.69, 9.17) is 4.74 Å². The number of nitrogens with one attached hydrogen (secondary N) is 1. The standard InChI is InChI=1S/C17H25NO4.C3H8.H2/c1-5-9-13(6-2)10-7-8-11-17(3,4)22-16(20)18-14-12-21-15(14)19;1-3-2;/h5-6,9,14H,1-2,7-8,10-12H2,3-4H3,(H,18,20);3H2,1-2H3;1H/b13-9+;;/t14-;;/m1../s1. The van der Waals surface area contributed by atoms with Crippen molar-refractivity contribution in [1.29, 1.82) is 0 Å².